The van der Waals surface area contributed by atoms with Crippen molar-refractivity contribution in [3.63, 3.8) is 0 Å². The predicted octanol–water partition coefficient (Wildman–Crippen LogP) is 2.48. The van der Waals surface area contributed by atoms with Gasteiger partial charge in [-0.05, 0) is 36.6 Å². The number of H-pyrrole nitrogens is 1. The molecule has 1 aromatic carbocycles. The van der Waals surface area contributed by atoms with Gasteiger partial charge in [0.25, 0.3) is 0 Å². The standard InChI is InChI=1S/C17H22N2O4/c1-23-13-6-7-15-14(10-13)12(11-19-15)9-16(20)18-8-4-2-3-5-17(21)22/h6-7,10-11,19H,2-5,8-9H2,1H3,(H,18,20)(H,21,22). The molecule has 0 atom stereocenters. The molecule has 0 saturated heterocycles. The number of aliphatic carboxylic acids is 1. The largest absolute Gasteiger partial charge is 0.497 e. The van der Waals surface area contributed by atoms with Gasteiger partial charge in [0.15, 0.2) is 0 Å². The highest BCUT2D eigenvalue weighted by molar-refractivity contribution is 5.89. The molecule has 0 saturated carbocycles. The Hall–Kier alpha value is -2.50. The quantitative estimate of drug-likeness (QED) is 0.619. The molecule has 0 fully saturated rings. The smallest absolute Gasteiger partial charge is 0.303 e. The molecular formula is C17H22N2O4. The summed E-state index contributed by atoms with van der Waals surface area (Å²) >= 11 is 0. The molecule has 23 heavy (non-hydrogen) atoms. The molecule has 2 aromatic rings. The van der Waals surface area contributed by atoms with E-state index in [0.717, 1.165) is 35.1 Å². The first kappa shape index (κ1) is 16.9. The maximum Gasteiger partial charge on any atom is 0.303 e. The zero-order valence-corrected chi connectivity index (χ0v) is 13.2. The van der Waals surface area contributed by atoms with Crippen LogP contribution in [0.15, 0.2) is 24.4 Å². The molecule has 1 aromatic heterocycles. The van der Waals surface area contributed by atoms with Crippen LogP contribution < -0.4 is 10.1 Å². The number of benzene rings is 1. The topological polar surface area (TPSA) is 91.4 Å². The van der Waals surface area contributed by atoms with Crippen LogP contribution in [0.5, 0.6) is 5.75 Å². The summed E-state index contributed by atoms with van der Waals surface area (Å²) in [5.74, 6) is -0.0482. The van der Waals surface area contributed by atoms with Gasteiger partial charge in [-0.25, -0.2) is 0 Å². The monoisotopic (exact) mass is 318 g/mol. The number of rotatable bonds is 9. The third-order valence-corrected chi connectivity index (χ3v) is 3.72. The van der Waals surface area contributed by atoms with Crippen molar-refractivity contribution in [2.45, 2.75) is 32.1 Å². The molecular weight excluding hydrogens is 296 g/mol. The Balaban J connectivity index is 1.80. The van der Waals surface area contributed by atoms with Crippen molar-refractivity contribution in [2.24, 2.45) is 0 Å². The van der Waals surface area contributed by atoms with Gasteiger partial charge in [0.1, 0.15) is 5.75 Å². The molecule has 0 aliphatic heterocycles. The second kappa shape index (κ2) is 8.22. The highest BCUT2D eigenvalue weighted by atomic mass is 16.5. The number of nitrogens with one attached hydrogen (secondary N) is 2. The molecule has 0 bridgehead atoms. The number of amides is 1. The zero-order valence-electron chi connectivity index (χ0n) is 13.2. The first-order valence-electron chi connectivity index (χ1n) is 7.72. The Morgan fingerprint density at radius 2 is 2.09 bits per heavy atom. The van der Waals surface area contributed by atoms with E-state index in [-0.39, 0.29) is 12.3 Å². The van der Waals surface area contributed by atoms with Crippen molar-refractivity contribution in [3.8, 4) is 5.75 Å². The highest BCUT2D eigenvalue weighted by Crippen LogP contribution is 2.23. The van der Waals surface area contributed by atoms with E-state index >= 15 is 0 Å². The number of carboxylic acids is 1. The first-order valence-corrected chi connectivity index (χ1v) is 7.72. The number of aromatic amines is 1. The third kappa shape index (κ3) is 5.02. The number of fused-ring (bicyclic) bond motifs is 1. The lowest BCUT2D eigenvalue weighted by Gasteiger charge is -2.05. The molecule has 124 valence electrons. The second-order valence-electron chi connectivity index (χ2n) is 5.46. The number of unbranched alkanes of at least 4 members (excludes halogenated alkanes) is 2. The van der Waals surface area contributed by atoms with Crippen molar-refractivity contribution >= 4 is 22.8 Å². The summed E-state index contributed by atoms with van der Waals surface area (Å²) in [7, 11) is 1.62. The Kier molecular flexibility index (Phi) is 6.02. The van der Waals surface area contributed by atoms with Crippen LogP contribution in [0.2, 0.25) is 0 Å². The average Bonchev–Trinajstić information content (AvgIpc) is 2.92. The maximum atomic E-state index is 12.0. The van der Waals surface area contributed by atoms with Crippen LogP contribution in [0.1, 0.15) is 31.2 Å². The average molecular weight is 318 g/mol. The minimum absolute atomic E-state index is 0.0352. The van der Waals surface area contributed by atoms with Crippen LogP contribution in [-0.4, -0.2) is 35.6 Å². The summed E-state index contributed by atoms with van der Waals surface area (Å²) in [5.41, 5.74) is 1.91. The SMILES string of the molecule is COc1ccc2[nH]cc(CC(=O)NCCCCCC(=O)O)c2c1. The summed E-state index contributed by atoms with van der Waals surface area (Å²) in [6.07, 6.45) is 4.58. The summed E-state index contributed by atoms with van der Waals surface area (Å²) in [6.45, 7) is 0.574. The van der Waals surface area contributed by atoms with E-state index < -0.39 is 5.97 Å². The van der Waals surface area contributed by atoms with Gasteiger partial charge in [0.05, 0.1) is 13.5 Å². The van der Waals surface area contributed by atoms with Gasteiger partial charge in [0, 0.05) is 30.1 Å². The number of aromatic nitrogens is 1. The van der Waals surface area contributed by atoms with E-state index in [9.17, 15) is 9.59 Å². The summed E-state index contributed by atoms with van der Waals surface area (Å²) < 4.78 is 5.21. The molecule has 0 radical (unpaired) electrons. The van der Waals surface area contributed by atoms with E-state index in [2.05, 4.69) is 10.3 Å². The van der Waals surface area contributed by atoms with Crippen LogP contribution in [0.3, 0.4) is 0 Å². The minimum Gasteiger partial charge on any atom is -0.497 e. The molecule has 2 rings (SSSR count). The van der Waals surface area contributed by atoms with Crippen LogP contribution in [0.25, 0.3) is 10.9 Å². The highest BCUT2D eigenvalue weighted by Gasteiger charge is 2.09. The fraction of sp³-hybridized carbons (Fsp3) is 0.412. The number of carbonyl (C=O) groups is 2. The van der Waals surface area contributed by atoms with E-state index in [1.807, 2.05) is 24.4 Å². The fourth-order valence-corrected chi connectivity index (χ4v) is 2.47. The van der Waals surface area contributed by atoms with Crippen molar-refractivity contribution in [1.82, 2.24) is 10.3 Å². The van der Waals surface area contributed by atoms with Gasteiger partial charge < -0.3 is 20.1 Å². The lowest BCUT2D eigenvalue weighted by molar-refractivity contribution is -0.137. The lowest BCUT2D eigenvalue weighted by atomic mass is 10.1. The van der Waals surface area contributed by atoms with E-state index in [4.69, 9.17) is 9.84 Å². The molecule has 6 heteroatoms. The number of hydrogen-bond donors (Lipinski definition) is 3. The third-order valence-electron chi connectivity index (χ3n) is 3.72. The fourth-order valence-electron chi connectivity index (χ4n) is 2.47. The Bertz CT molecular complexity index is 678. The molecule has 6 nitrogen and oxygen atoms in total. The van der Waals surface area contributed by atoms with Crippen LogP contribution >= 0.6 is 0 Å². The first-order chi connectivity index (χ1) is 11.1. The summed E-state index contributed by atoms with van der Waals surface area (Å²) in [4.78, 5) is 25.5. The summed E-state index contributed by atoms with van der Waals surface area (Å²) in [5, 5.41) is 12.4. The van der Waals surface area contributed by atoms with Crippen LogP contribution in [0.4, 0.5) is 0 Å². The zero-order chi connectivity index (χ0) is 16.7. The van der Waals surface area contributed by atoms with Crippen LogP contribution in [0, 0.1) is 0 Å². The van der Waals surface area contributed by atoms with Crippen molar-refractivity contribution < 1.29 is 19.4 Å². The summed E-state index contributed by atoms with van der Waals surface area (Å²) in [6, 6.07) is 5.72. The normalized spacial score (nSPS) is 10.7. The maximum absolute atomic E-state index is 12.0. The predicted molar refractivity (Wildman–Crippen MR) is 87.7 cm³/mol. The second-order valence-corrected chi connectivity index (χ2v) is 5.46. The van der Waals surface area contributed by atoms with Crippen molar-refractivity contribution in [1.29, 1.82) is 0 Å². The number of carbonyl (C=O) groups excluding carboxylic acids is 1. The van der Waals surface area contributed by atoms with E-state index in [1.165, 1.54) is 0 Å². The molecule has 1 amide bonds. The Morgan fingerprint density at radius 3 is 2.83 bits per heavy atom. The van der Waals surface area contributed by atoms with Gasteiger partial charge in [-0.15, -0.1) is 0 Å². The van der Waals surface area contributed by atoms with Gasteiger partial charge >= 0.3 is 5.97 Å². The lowest BCUT2D eigenvalue weighted by Crippen LogP contribution is -2.26. The van der Waals surface area contributed by atoms with E-state index in [0.29, 0.717) is 19.4 Å². The Labute approximate surface area is 134 Å². The Morgan fingerprint density at radius 1 is 1.26 bits per heavy atom. The molecule has 0 aliphatic carbocycles. The van der Waals surface area contributed by atoms with Crippen molar-refractivity contribution in [2.75, 3.05) is 13.7 Å². The van der Waals surface area contributed by atoms with Crippen LogP contribution in [-0.2, 0) is 16.0 Å². The molecule has 1 heterocycles. The van der Waals surface area contributed by atoms with Gasteiger partial charge in [-0.3, -0.25) is 9.59 Å². The van der Waals surface area contributed by atoms with Gasteiger partial charge in [-0.2, -0.15) is 0 Å². The minimum atomic E-state index is -0.774. The molecule has 3 N–H and O–H groups in total. The molecule has 0 aliphatic rings. The number of methoxy groups -OCH3 is 1. The van der Waals surface area contributed by atoms with E-state index in [1.54, 1.807) is 7.11 Å². The number of carboxylic acid groups (broad SMARTS) is 1. The number of hydrogen-bond acceptors (Lipinski definition) is 3. The van der Waals surface area contributed by atoms with Gasteiger partial charge in [-0.1, -0.05) is 6.42 Å². The molecule has 0 unspecified atom stereocenters. The van der Waals surface area contributed by atoms with Gasteiger partial charge in [0.2, 0.25) is 5.91 Å². The van der Waals surface area contributed by atoms with Crippen molar-refractivity contribution in [3.05, 3.63) is 30.0 Å². The molecule has 0 spiro atoms. The number of ether oxygens (including phenoxy) is 1.